The van der Waals surface area contributed by atoms with E-state index < -0.39 is 5.91 Å². The summed E-state index contributed by atoms with van der Waals surface area (Å²) in [5, 5.41) is 12.9. The lowest BCUT2D eigenvalue weighted by atomic mass is 10.1. The molecule has 3 aromatic rings. The monoisotopic (exact) mass is 501 g/mol. The van der Waals surface area contributed by atoms with Gasteiger partial charge in [-0.05, 0) is 103 Å². The summed E-state index contributed by atoms with van der Waals surface area (Å²) in [6.45, 7) is 3.94. The second kappa shape index (κ2) is 8.63. The number of benzene rings is 2. The van der Waals surface area contributed by atoms with Crippen molar-refractivity contribution < 1.29 is 4.79 Å². The van der Waals surface area contributed by atoms with Crippen LogP contribution in [0.2, 0.25) is 5.02 Å². The fraction of sp³-hybridized carbons (Fsp3) is 0.0909. The molecular formula is C22H17ClIN3O. The Balaban J connectivity index is 1.91. The number of nitrogens with zero attached hydrogens (tertiary/aromatic N) is 2. The van der Waals surface area contributed by atoms with Crippen molar-refractivity contribution in [2.24, 2.45) is 0 Å². The Hall–Kier alpha value is -2.56. The minimum Gasteiger partial charge on any atom is -0.321 e. The molecule has 0 fully saturated rings. The molecule has 6 heteroatoms. The highest BCUT2D eigenvalue weighted by molar-refractivity contribution is 14.1. The fourth-order valence-electron chi connectivity index (χ4n) is 2.96. The smallest absolute Gasteiger partial charge is 0.266 e. The molecule has 0 aliphatic rings. The van der Waals surface area contributed by atoms with E-state index in [9.17, 15) is 10.1 Å². The van der Waals surface area contributed by atoms with E-state index in [1.54, 1.807) is 18.2 Å². The third-order valence-electron chi connectivity index (χ3n) is 4.32. The van der Waals surface area contributed by atoms with E-state index >= 15 is 0 Å². The zero-order valence-electron chi connectivity index (χ0n) is 15.3. The van der Waals surface area contributed by atoms with E-state index in [1.807, 2.05) is 62.4 Å². The molecule has 3 rings (SSSR count). The van der Waals surface area contributed by atoms with Gasteiger partial charge in [-0.2, -0.15) is 5.26 Å². The van der Waals surface area contributed by atoms with Gasteiger partial charge in [-0.3, -0.25) is 4.79 Å². The largest absolute Gasteiger partial charge is 0.321 e. The van der Waals surface area contributed by atoms with Crippen LogP contribution in [0.25, 0.3) is 11.8 Å². The van der Waals surface area contributed by atoms with Gasteiger partial charge in [0, 0.05) is 31.4 Å². The number of amides is 1. The van der Waals surface area contributed by atoms with Crippen LogP contribution in [0.15, 0.2) is 60.2 Å². The number of nitrogens with one attached hydrogen (secondary N) is 1. The van der Waals surface area contributed by atoms with Crippen molar-refractivity contribution in [3.63, 3.8) is 0 Å². The van der Waals surface area contributed by atoms with E-state index in [4.69, 9.17) is 11.6 Å². The summed E-state index contributed by atoms with van der Waals surface area (Å²) < 4.78 is 3.13. The van der Waals surface area contributed by atoms with E-state index in [2.05, 4.69) is 32.5 Å². The van der Waals surface area contributed by atoms with Crippen LogP contribution in [0, 0.1) is 28.7 Å². The predicted octanol–water partition coefficient (Wildman–Crippen LogP) is 5.90. The molecule has 2 aromatic carbocycles. The third-order valence-corrected chi connectivity index (χ3v) is 5.29. The molecule has 0 bridgehead atoms. The molecule has 0 spiro atoms. The molecule has 1 N–H and O–H groups in total. The predicted molar refractivity (Wildman–Crippen MR) is 122 cm³/mol. The summed E-state index contributed by atoms with van der Waals surface area (Å²) in [6, 6.07) is 18.9. The molecule has 0 saturated heterocycles. The molecule has 0 radical (unpaired) electrons. The number of carbonyl (C=O) groups is 1. The molecule has 0 unspecified atom stereocenters. The van der Waals surface area contributed by atoms with Crippen LogP contribution in [0.1, 0.15) is 17.0 Å². The first-order valence-electron chi connectivity index (χ1n) is 8.52. The minimum absolute atomic E-state index is 0.0508. The second-order valence-electron chi connectivity index (χ2n) is 6.27. The molecule has 4 nitrogen and oxygen atoms in total. The van der Waals surface area contributed by atoms with E-state index in [0.29, 0.717) is 10.7 Å². The van der Waals surface area contributed by atoms with Crippen molar-refractivity contribution >= 4 is 51.9 Å². The highest BCUT2D eigenvalue weighted by Crippen LogP contribution is 2.24. The summed E-state index contributed by atoms with van der Waals surface area (Å²) >= 11 is 8.18. The van der Waals surface area contributed by atoms with Gasteiger partial charge >= 0.3 is 0 Å². The quantitative estimate of drug-likeness (QED) is 0.275. The molecule has 1 amide bonds. The van der Waals surface area contributed by atoms with Crippen molar-refractivity contribution in [2.75, 3.05) is 5.32 Å². The van der Waals surface area contributed by atoms with Gasteiger partial charge in [0.1, 0.15) is 11.6 Å². The van der Waals surface area contributed by atoms with E-state index in [-0.39, 0.29) is 5.57 Å². The summed E-state index contributed by atoms with van der Waals surface area (Å²) in [5.74, 6) is -0.431. The van der Waals surface area contributed by atoms with Crippen molar-refractivity contribution in [1.29, 1.82) is 5.26 Å². The maximum Gasteiger partial charge on any atom is 0.266 e. The van der Waals surface area contributed by atoms with Gasteiger partial charge in [-0.25, -0.2) is 0 Å². The highest BCUT2D eigenvalue weighted by atomic mass is 127. The maximum atomic E-state index is 12.5. The molecular weight excluding hydrogens is 485 g/mol. The fourth-order valence-corrected chi connectivity index (χ4v) is 3.44. The zero-order chi connectivity index (χ0) is 20.3. The molecule has 0 aliphatic heterocycles. The lowest BCUT2D eigenvalue weighted by molar-refractivity contribution is -0.112. The number of hydrogen-bond acceptors (Lipinski definition) is 2. The van der Waals surface area contributed by atoms with Gasteiger partial charge in [-0.1, -0.05) is 11.6 Å². The van der Waals surface area contributed by atoms with Crippen LogP contribution in [-0.4, -0.2) is 10.5 Å². The number of anilines is 1. The van der Waals surface area contributed by atoms with Crippen LogP contribution in [0.3, 0.4) is 0 Å². The first kappa shape index (κ1) is 20.2. The Morgan fingerprint density at radius 2 is 1.79 bits per heavy atom. The van der Waals surface area contributed by atoms with Gasteiger partial charge in [0.2, 0.25) is 0 Å². The molecule has 28 heavy (non-hydrogen) atoms. The number of hydrogen-bond donors (Lipinski definition) is 1. The van der Waals surface area contributed by atoms with Gasteiger partial charge in [-0.15, -0.1) is 0 Å². The van der Waals surface area contributed by atoms with E-state index in [0.717, 1.165) is 26.2 Å². The zero-order valence-corrected chi connectivity index (χ0v) is 18.2. The molecule has 0 saturated carbocycles. The van der Waals surface area contributed by atoms with Crippen LogP contribution in [0.5, 0.6) is 0 Å². The number of rotatable bonds is 4. The number of aryl methyl sites for hydroxylation is 1. The van der Waals surface area contributed by atoms with Crippen LogP contribution >= 0.6 is 34.2 Å². The van der Waals surface area contributed by atoms with Gasteiger partial charge in [0.15, 0.2) is 0 Å². The molecule has 1 aromatic heterocycles. The van der Waals surface area contributed by atoms with E-state index in [1.165, 1.54) is 0 Å². The highest BCUT2D eigenvalue weighted by Gasteiger charge is 2.14. The molecule has 0 aliphatic carbocycles. The van der Waals surface area contributed by atoms with Gasteiger partial charge < -0.3 is 9.88 Å². The summed E-state index contributed by atoms with van der Waals surface area (Å²) in [7, 11) is 0. The van der Waals surface area contributed by atoms with Crippen LogP contribution < -0.4 is 5.32 Å². The summed E-state index contributed by atoms with van der Waals surface area (Å²) in [5.41, 5.74) is 4.44. The van der Waals surface area contributed by atoms with Crippen LogP contribution in [-0.2, 0) is 4.79 Å². The average molecular weight is 502 g/mol. The Morgan fingerprint density at radius 3 is 2.39 bits per heavy atom. The molecule has 1 heterocycles. The Labute approximate surface area is 182 Å². The first-order chi connectivity index (χ1) is 13.4. The van der Waals surface area contributed by atoms with Crippen molar-refractivity contribution in [3.05, 3.63) is 85.7 Å². The van der Waals surface area contributed by atoms with Crippen molar-refractivity contribution in [1.82, 2.24) is 4.57 Å². The van der Waals surface area contributed by atoms with Gasteiger partial charge in [0.05, 0.1) is 0 Å². The van der Waals surface area contributed by atoms with Crippen molar-refractivity contribution in [3.8, 4) is 11.8 Å². The van der Waals surface area contributed by atoms with Crippen molar-refractivity contribution in [2.45, 2.75) is 13.8 Å². The third kappa shape index (κ3) is 4.46. The Kier molecular flexibility index (Phi) is 6.22. The second-order valence-corrected chi connectivity index (χ2v) is 7.95. The Bertz CT molecular complexity index is 1090. The number of nitriles is 1. The summed E-state index contributed by atoms with van der Waals surface area (Å²) in [6.07, 6.45) is 1.62. The summed E-state index contributed by atoms with van der Waals surface area (Å²) in [4.78, 5) is 12.5. The van der Waals surface area contributed by atoms with Gasteiger partial charge in [0.25, 0.3) is 5.91 Å². The lowest BCUT2D eigenvalue weighted by Crippen LogP contribution is -2.13. The molecule has 140 valence electrons. The maximum absolute atomic E-state index is 12.5. The average Bonchev–Trinajstić information content (AvgIpc) is 2.95. The van der Waals surface area contributed by atoms with Crippen LogP contribution in [0.4, 0.5) is 5.69 Å². The number of aromatic nitrogens is 1. The molecule has 0 atom stereocenters. The number of carbonyl (C=O) groups excluding carboxylic acids is 1. The number of halogens is 2. The minimum atomic E-state index is -0.431. The Morgan fingerprint density at radius 1 is 1.14 bits per heavy atom. The SMILES string of the molecule is Cc1cc(/C=C(\C#N)C(=O)Nc2ccc(I)cc2)c(C)n1-c1ccc(Cl)cc1. The normalized spacial score (nSPS) is 11.2. The topological polar surface area (TPSA) is 57.8 Å². The lowest BCUT2D eigenvalue weighted by Gasteiger charge is -2.09. The standard InChI is InChI=1S/C22H17ClIN3O/c1-14-11-16(15(2)27(14)21-9-3-18(23)4-10-21)12-17(13-25)22(28)26-20-7-5-19(24)6-8-20/h3-12H,1-2H3,(H,26,28)/b17-12+. The first-order valence-corrected chi connectivity index (χ1v) is 9.98.